The lowest BCUT2D eigenvalue weighted by Gasteiger charge is -2.45. The van der Waals surface area contributed by atoms with Crippen molar-refractivity contribution in [3.63, 3.8) is 0 Å². The van der Waals surface area contributed by atoms with E-state index in [2.05, 4.69) is 56.0 Å². The van der Waals surface area contributed by atoms with E-state index in [4.69, 9.17) is 0 Å². The second-order valence-corrected chi connectivity index (χ2v) is 7.95. The lowest BCUT2D eigenvalue weighted by Crippen LogP contribution is -2.47. The number of hydrogen-bond acceptors (Lipinski definition) is 2. The van der Waals surface area contributed by atoms with E-state index in [1.807, 2.05) is 12.1 Å². The Kier molecular flexibility index (Phi) is 5.48. The van der Waals surface area contributed by atoms with Crippen LogP contribution >= 0.6 is 0 Å². The predicted molar refractivity (Wildman–Crippen MR) is 105 cm³/mol. The number of likely N-dealkylation sites (tertiary alicyclic amines) is 1. The summed E-state index contributed by atoms with van der Waals surface area (Å²) < 4.78 is 0. The summed E-state index contributed by atoms with van der Waals surface area (Å²) in [6, 6.07) is 16.6. The number of hydrogen-bond donors (Lipinski definition) is 1. The van der Waals surface area contributed by atoms with Crippen molar-refractivity contribution in [3.05, 3.63) is 65.2 Å². The molecule has 1 fully saturated rings. The molecule has 0 aromatic heterocycles. The molecule has 0 aliphatic carbocycles. The van der Waals surface area contributed by atoms with Gasteiger partial charge in [0.2, 0.25) is 0 Å². The smallest absolute Gasteiger partial charge is 0.115 e. The van der Waals surface area contributed by atoms with Gasteiger partial charge in [-0.15, -0.1) is 0 Å². The number of aromatic hydroxyl groups is 1. The van der Waals surface area contributed by atoms with E-state index >= 15 is 0 Å². The van der Waals surface area contributed by atoms with E-state index in [1.165, 1.54) is 36.1 Å². The Hall–Kier alpha value is -1.80. The van der Waals surface area contributed by atoms with Gasteiger partial charge in [-0.2, -0.15) is 0 Å². The molecule has 0 unspecified atom stereocenters. The van der Waals surface area contributed by atoms with Crippen molar-refractivity contribution in [2.75, 3.05) is 19.6 Å². The van der Waals surface area contributed by atoms with Crippen LogP contribution in [0.5, 0.6) is 5.75 Å². The minimum absolute atomic E-state index is 0.158. The van der Waals surface area contributed by atoms with Gasteiger partial charge in [-0.05, 0) is 79.4 Å². The highest BCUT2D eigenvalue weighted by Crippen LogP contribution is 2.40. The molecular weight excluding hydrogens is 306 g/mol. The lowest BCUT2D eigenvalue weighted by molar-refractivity contribution is 0.110. The molecule has 2 aromatic carbocycles. The normalized spacial score (nSPS) is 24.4. The van der Waals surface area contributed by atoms with Crippen LogP contribution in [-0.2, 0) is 11.8 Å². The van der Waals surface area contributed by atoms with E-state index in [-0.39, 0.29) is 5.41 Å². The summed E-state index contributed by atoms with van der Waals surface area (Å²) in [5, 5.41) is 9.83. The SMILES string of the molecule is Cc1ccccc1CCCN1CC[C@@](C)(c2cccc(O)c2)[C@@H](C)C1. The summed E-state index contributed by atoms with van der Waals surface area (Å²) in [6.07, 6.45) is 3.55. The molecule has 25 heavy (non-hydrogen) atoms. The number of nitrogens with zero attached hydrogens (tertiary/aromatic N) is 1. The Morgan fingerprint density at radius 3 is 2.68 bits per heavy atom. The summed E-state index contributed by atoms with van der Waals surface area (Å²) in [6.45, 7) is 10.4. The highest BCUT2D eigenvalue weighted by Gasteiger charge is 2.37. The molecular formula is C23H31NO. The van der Waals surface area contributed by atoms with Crippen molar-refractivity contribution < 1.29 is 5.11 Å². The Morgan fingerprint density at radius 2 is 1.96 bits per heavy atom. The van der Waals surface area contributed by atoms with Gasteiger partial charge in [-0.25, -0.2) is 0 Å². The summed E-state index contributed by atoms with van der Waals surface area (Å²) >= 11 is 0. The van der Waals surface area contributed by atoms with Gasteiger partial charge < -0.3 is 10.0 Å². The van der Waals surface area contributed by atoms with Crippen LogP contribution in [0, 0.1) is 12.8 Å². The maximum absolute atomic E-state index is 9.83. The molecule has 0 radical (unpaired) electrons. The van der Waals surface area contributed by atoms with Crippen LogP contribution in [0.2, 0.25) is 0 Å². The molecule has 1 N–H and O–H groups in total. The van der Waals surface area contributed by atoms with Crippen molar-refractivity contribution in [1.82, 2.24) is 4.90 Å². The van der Waals surface area contributed by atoms with Crippen molar-refractivity contribution in [3.8, 4) is 5.75 Å². The zero-order valence-corrected chi connectivity index (χ0v) is 15.8. The number of phenolic OH excluding ortho intramolecular Hbond substituents is 1. The fraction of sp³-hybridized carbons (Fsp3) is 0.478. The molecule has 2 aromatic rings. The topological polar surface area (TPSA) is 23.5 Å². The Morgan fingerprint density at radius 1 is 1.16 bits per heavy atom. The van der Waals surface area contributed by atoms with Crippen LogP contribution in [0.25, 0.3) is 0 Å². The van der Waals surface area contributed by atoms with Gasteiger partial charge in [-0.3, -0.25) is 0 Å². The molecule has 1 saturated heterocycles. The van der Waals surface area contributed by atoms with Gasteiger partial charge in [0.15, 0.2) is 0 Å². The molecule has 1 aliphatic heterocycles. The van der Waals surface area contributed by atoms with Gasteiger partial charge in [0.25, 0.3) is 0 Å². The lowest BCUT2D eigenvalue weighted by atomic mass is 9.68. The number of phenols is 1. The highest BCUT2D eigenvalue weighted by atomic mass is 16.3. The van der Waals surface area contributed by atoms with Crippen LogP contribution in [0.1, 0.15) is 43.4 Å². The third-order valence-electron chi connectivity index (χ3n) is 6.25. The first-order valence-electron chi connectivity index (χ1n) is 9.55. The number of piperidine rings is 1. The van der Waals surface area contributed by atoms with Gasteiger partial charge in [0.05, 0.1) is 0 Å². The Labute approximate surface area is 152 Å². The minimum atomic E-state index is 0.158. The zero-order valence-electron chi connectivity index (χ0n) is 15.8. The quantitative estimate of drug-likeness (QED) is 0.836. The molecule has 2 heteroatoms. The van der Waals surface area contributed by atoms with Crippen LogP contribution in [0.3, 0.4) is 0 Å². The molecule has 0 spiro atoms. The molecule has 2 nitrogen and oxygen atoms in total. The summed E-state index contributed by atoms with van der Waals surface area (Å²) in [7, 11) is 0. The first-order valence-corrected chi connectivity index (χ1v) is 9.55. The molecule has 0 amide bonds. The van der Waals surface area contributed by atoms with Crippen LogP contribution in [0.4, 0.5) is 0 Å². The third kappa shape index (κ3) is 4.07. The van der Waals surface area contributed by atoms with E-state index in [0.717, 1.165) is 19.5 Å². The first kappa shape index (κ1) is 18.0. The zero-order chi connectivity index (χ0) is 17.9. The van der Waals surface area contributed by atoms with Crippen LogP contribution in [-0.4, -0.2) is 29.6 Å². The van der Waals surface area contributed by atoms with E-state index in [1.54, 1.807) is 6.07 Å². The third-order valence-corrected chi connectivity index (χ3v) is 6.25. The van der Waals surface area contributed by atoms with Crippen molar-refractivity contribution in [2.45, 2.75) is 45.4 Å². The Balaban J connectivity index is 1.56. The number of rotatable bonds is 5. The predicted octanol–water partition coefficient (Wildman–Crippen LogP) is 4.93. The van der Waals surface area contributed by atoms with Crippen LogP contribution < -0.4 is 0 Å². The van der Waals surface area contributed by atoms with E-state index < -0.39 is 0 Å². The second-order valence-electron chi connectivity index (χ2n) is 7.95. The van der Waals surface area contributed by atoms with Crippen molar-refractivity contribution in [2.24, 2.45) is 5.92 Å². The fourth-order valence-corrected chi connectivity index (χ4v) is 4.19. The maximum Gasteiger partial charge on any atom is 0.115 e. The number of aryl methyl sites for hydroxylation is 2. The Bertz CT molecular complexity index is 711. The van der Waals surface area contributed by atoms with E-state index in [9.17, 15) is 5.11 Å². The average molecular weight is 338 g/mol. The average Bonchev–Trinajstić information content (AvgIpc) is 2.60. The first-order chi connectivity index (χ1) is 12.0. The van der Waals surface area contributed by atoms with Crippen molar-refractivity contribution >= 4 is 0 Å². The van der Waals surface area contributed by atoms with Gasteiger partial charge >= 0.3 is 0 Å². The van der Waals surface area contributed by atoms with E-state index in [0.29, 0.717) is 11.7 Å². The van der Waals surface area contributed by atoms with Gasteiger partial charge in [0, 0.05) is 6.54 Å². The summed E-state index contributed by atoms with van der Waals surface area (Å²) in [5.41, 5.74) is 4.33. The van der Waals surface area contributed by atoms with Gasteiger partial charge in [-0.1, -0.05) is 50.2 Å². The largest absolute Gasteiger partial charge is 0.508 e. The molecule has 0 saturated carbocycles. The van der Waals surface area contributed by atoms with Crippen LogP contribution in [0.15, 0.2) is 48.5 Å². The maximum atomic E-state index is 9.83. The van der Waals surface area contributed by atoms with Gasteiger partial charge in [0.1, 0.15) is 5.75 Å². The summed E-state index contributed by atoms with van der Waals surface area (Å²) in [5.74, 6) is 0.966. The minimum Gasteiger partial charge on any atom is -0.508 e. The second kappa shape index (κ2) is 7.61. The summed E-state index contributed by atoms with van der Waals surface area (Å²) in [4.78, 5) is 2.62. The monoisotopic (exact) mass is 337 g/mol. The molecule has 1 aliphatic rings. The molecule has 134 valence electrons. The van der Waals surface area contributed by atoms with Crippen molar-refractivity contribution in [1.29, 1.82) is 0 Å². The molecule has 2 atom stereocenters. The molecule has 3 rings (SSSR count). The number of benzene rings is 2. The standard InChI is InChI=1S/C23H31NO/c1-18-8-4-5-9-20(18)10-7-14-24-15-13-23(3,19(2)17-24)21-11-6-12-22(25)16-21/h4-6,8-9,11-12,16,19,25H,7,10,13-15,17H2,1-3H3/t19-,23+/m0/s1. The fourth-order valence-electron chi connectivity index (χ4n) is 4.19. The molecule has 0 bridgehead atoms. The highest BCUT2D eigenvalue weighted by molar-refractivity contribution is 5.33. The molecule has 1 heterocycles.